The Morgan fingerprint density at radius 3 is 2.83 bits per heavy atom. The zero-order chi connectivity index (χ0) is 9.40. The van der Waals surface area contributed by atoms with Gasteiger partial charge >= 0.3 is 0 Å². The van der Waals surface area contributed by atoms with Crippen LogP contribution in [0.15, 0.2) is 29.5 Å². The molecule has 0 aromatic carbocycles. The Hall–Kier alpha value is -1.05. The van der Waals surface area contributed by atoms with E-state index in [1.54, 1.807) is 13.3 Å². The fraction of sp³-hybridized carbons (Fsp3) is 0.500. The highest BCUT2D eigenvalue weighted by atomic mass is 14.9. The predicted molar refractivity (Wildman–Crippen MR) is 55.3 cm³/mol. The minimum absolute atomic E-state index is 0.521. The van der Waals surface area contributed by atoms with Gasteiger partial charge in [0.25, 0.3) is 0 Å². The van der Waals surface area contributed by atoms with Gasteiger partial charge in [-0.25, -0.2) is 0 Å². The van der Waals surface area contributed by atoms with Gasteiger partial charge in [0.05, 0.1) is 0 Å². The predicted octanol–water partition coefficient (Wildman–Crippen LogP) is 2.35. The van der Waals surface area contributed by atoms with Crippen LogP contribution in [0.4, 0.5) is 0 Å². The Bertz CT molecular complexity index is 180. The smallest absolute Gasteiger partial charge is 0.0277 e. The number of allylic oxidation sites excluding steroid dienone is 2. The molecule has 68 valence electrons. The monoisotopic (exact) mass is 166 g/mol. The van der Waals surface area contributed by atoms with E-state index in [-0.39, 0.29) is 0 Å². The highest BCUT2D eigenvalue weighted by Crippen LogP contribution is 2.08. The van der Waals surface area contributed by atoms with Crippen LogP contribution >= 0.6 is 0 Å². The lowest BCUT2D eigenvalue weighted by Gasteiger charge is -2.11. The van der Waals surface area contributed by atoms with Gasteiger partial charge in [0.2, 0.25) is 0 Å². The molecule has 1 atom stereocenters. The molecule has 0 spiro atoms. The summed E-state index contributed by atoms with van der Waals surface area (Å²) < 4.78 is 0. The number of nitrogens with zero attached hydrogens (tertiary/aromatic N) is 1. The zero-order valence-electron chi connectivity index (χ0n) is 8.17. The largest absolute Gasteiger partial charge is 0.365 e. The molecule has 2 nitrogen and oxygen atoms in total. The number of hydrogen-bond acceptors (Lipinski definition) is 2. The topological polar surface area (TPSA) is 24.4 Å². The van der Waals surface area contributed by atoms with Gasteiger partial charge in [-0.2, -0.15) is 0 Å². The third-order valence-corrected chi connectivity index (χ3v) is 1.81. The van der Waals surface area contributed by atoms with E-state index < -0.39 is 0 Å². The van der Waals surface area contributed by atoms with Gasteiger partial charge in [-0.1, -0.05) is 20.4 Å². The fourth-order valence-corrected chi connectivity index (χ4v) is 0.673. The van der Waals surface area contributed by atoms with Crippen molar-refractivity contribution in [1.82, 2.24) is 5.32 Å². The van der Waals surface area contributed by atoms with Gasteiger partial charge < -0.3 is 5.32 Å². The van der Waals surface area contributed by atoms with Gasteiger partial charge in [0.15, 0.2) is 0 Å². The second-order valence-corrected chi connectivity index (χ2v) is 2.75. The lowest BCUT2D eigenvalue weighted by molar-refractivity contribution is 0.625. The third kappa shape index (κ3) is 4.72. The molecule has 12 heavy (non-hydrogen) atoms. The summed E-state index contributed by atoms with van der Waals surface area (Å²) in [7, 11) is 1.74. The van der Waals surface area contributed by atoms with Crippen LogP contribution in [0.3, 0.4) is 0 Å². The second-order valence-electron chi connectivity index (χ2n) is 2.75. The fourth-order valence-electron chi connectivity index (χ4n) is 0.673. The number of rotatable bonds is 5. The van der Waals surface area contributed by atoms with E-state index in [9.17, 15) is 0 Å². The Balaban J connectivity index is 3.70. The average molecular weight is 166 g/mol. The van der Waals surface area contributed by atoms with E-state index in [0.29, 0.717) is 5.92 Å². The van der Waals surface area contributed by atoms with Crippen LogP contribution in [-0.4, -0.2) is 13.3 Å². The second kappa shape index (κ2) is 6.65. The number of aliphatic imine (C=N–C) groups is 1. The molecule has 2 heteroatoms. The standard InChI is InChI=1S/C10H18N2/c1-5-9(2)10(3)12-8-6-7-11-4/h6-9,12H,3,5H2,1-2,4H3/b8-6-,11-7?. The summed E-state index contributed by atoms with van der Waals surface area (Å²) in [5.41, 5.74) is 1.05. The molecule has 0 radical (unpaired) electrons. The molecule has 1 unspecified atom stereocenters. The van der Waals surface area contributed by atoms with Crippen molar-refractivity contribution in [3.05, 3.63) is 24.6 Å². The van der Waals surface area contributed by atoms with E-state index in [1.165, 1.54) is 0 Å². The van der Waals surface area contributed by atoms with E-state index in [2.05, 4.69) is 30.7 Å². The van der Waals surface area contributed by atoms with E-state index >= 15 is 0 Å². The molecule has 0 bridgehead atoms. The first-order chi connectivity index (χ1) is 5.72. The Labute approximate surface area is 75.1 Å². The molecule has 0 saturated carbocycles. The quantitative estimate of drug-likeness (QED) is 0.623. The maximum Gasteiger partial charge on any atom is 0.0277 e. The summed E-state index contributed by atoms with van der Waals surface area (Å²) in [5, 5.41) is 3.10. The Morgan fingerprint density at radius 2 is 2.33 bits per heavy atom. The lowest BCUT2D eigenvalue weighted by atomic mass is 10.1. The molecular weight excluding hydrogens is 148 g/mol. The Morgan fingerprint density at radius 1 is 1.67 bits per heavy atom. The summed E-state index contributed by atoms with van der Waals surface area (Å²) in [4.78, 5) is 3.82. The molecule has 1 N–H and O–H groups in total. The van der Waals surface area contributed by atoms with Gasteiger partial charge in [0.1, 0.15) is 0 Å². The summed E-state index contributed by atoms with van der Waals surface area (Å²) in [6, 6.07) is 0. The van der Waals surface area contributed by atoms with Crippen molar-refractivity contribution in [3.63, 3.8) is 0 Å². The van der Waals surface area contributed by atoms with Crippen molar-refractivity contribution in [2.75, 3.05) is 7.05 Å². The average Bonchev–Trinajstić information content (AvgIpc) is 2.10. The molecule has 0 saturated heterocycles. The first kappa shape index (κ1) is 11.0. The molecule has 0 aliphatic carbocycles. The molecule has 0 amide bonds. The van der Waals surface area contributed by atoms with E-state index in [1.807, 2.05) is 12.3 Å². The van der Waals surface area contributed by atoms with Crippen molar-refractivity contribution in [1.29, 1.82) is 0 Å². The zero-order valence-corrected chi connectivity index (χ0v) is 8.17. The van der Waals surface area contributed by atoms with E-state index in [4.69, 9.17) is 0 Å². The van der Waals surface area contributed by atoms with Crippen LogP contribution < -0.4 is 5.32 Å². The summed E-state index contributed by atoms with van der Waals surface area (Å²) in [6.07, 6.45) is 6.55. The first-order valence-electron chi connectivity index (χ1n) is 4.25. The van der Waals surface area contributed by atoms with Crippen LogP contribution in [0.25, 0.3) is 0 Å². The molecule has 0 aromatic heterocycles. The minimum Gasteiger partial charge on any atom is -0.365 e. The lowest BCUT2D eigenvalue weighted by Crippen LogP contribution is -2.10. The van der Waals surface area contributed by atoms with Crippen LogP contribution in [0.1, 0.15) is 20.3 Å². The maximum absolute atomic E-state index is 3.92. The third-order valence-electron chi connectivity index (χ3n) is 1.81. The molecule has 0 aliphatic rings. The van der Waals surface area contributed by atoms with Crippen molar-refractivity contribution < 1.29 is 0 Å². The first-order valence-corrected chi connectivity index (χ1v) is 4.25. The highest BCUT2D eigenvalue weighted by Gasteiger charge is 1.99. The SMILES string of the molecule is C=C(N/C=C\C=NC)C(C)CC. The molecular formula is C10H18N2. The Kier molecular flexibility index (Phi) is 6.07. The van der Waals surface area contributed by atoms with Crippen molar-refractivity contribution in [2.24, 2.45) is 10.9 Å². The molecule has 0 aromatic rings. The maximum atomic E-state index is 3.92. The molecule has 0 rings (SSSR count). The number of hydrogen-bond donors (Lipinski definition) is 1. The van der Waals surface area contributed by atoms with Crippen molar-refractivity contribution in [3.8, 4) is 0 Å². The van der Waals surface area contributed by atoms with Crippen molar-refractivity contribution >= 4 is 6.21 Å². The van der Waals surface area contributed by atoms with Crippen LogP contribution in [0.2, 0.25) is 0 Å². The minimum atomic E-state index is 0.521. The summed E-state index contributed by atoms with van der Waals surface area (Å²) >= 11 is 0. The van der Waals surface area contributed by atoms with Gasteiger partial charge in [0, 0.05) is 25.2 Å². The van der Waals surface area contributed by atoms with Crippen molar-refractivity contribution in [2.45, 2.75) is 20.3 Å². The van der Waals surface area contributed by atoms with Crippen LogP contribution in [0.5, 0.6) is 0 Å². The van der Waals surface area contributed by atoms with Gasteiger partial charge in [-0.15, -0.1) is 0 Å². The highest BCUT2D eigenvalue weighted by molar-refractivity contribution is 5.70. The summed E-state index contributed by atoms with van der Waals surface area (Å²) in [6.45, 7) is 8.21. The van der Waals surface area contributed by atoms with Crippen LogP contribution in [-0.2, 0) is 0 Å². The summed E-state index contributed by atoms with van der Waals surface area (Å²) in [5.74, 6) is 0.521. The normalized spacial score (nSPS) is 13.9. The van der Waals surface area contributed by atoms with Crippen LogP contribution in [0, 0.1) is 5.92 Å². The van der Waals surface area contributed by atoms with Gasteiger partial charge in [-0.3, -0.25) is 4.99 Å². The molecule has 0 fully saturated rings. The van der Waals surface area contributed by atoms with Gasteiger partial charge in [-0.05, 0) is 18.4 Å². The van der Waals surface area contributed by atoms with E-state index in [0.717, 1.165) is 12.1 Å². The number of nitrogens with one attached hydrogen (secondary N) is 1. The molecule has 0 heterocycles. The molecule has 0 aliphatic heterocycles.